The maximum atomic E-state index is 5.85. The molecule has 5 nitrogen and oxygen atoms in total. The van der Waals surface area contributed by atoms with Gasteiger partial charge in [0.1, 0.15) is 6.04 Å². The number of aromatic nitrogens is 3. The van der Waals surface area contributed by atoms with E-state index in [0.29, 0.717) is 11.7 Å². The second kappa shape index (κ2) is 8.93. The van der Waals surface area contributed by atoms with Gasteiger partial charge in [0.2, 0.25) is 0 Å². The first-order chi connectivity index (χ1) is 15.7. The summed E-state index contributed by atoms with van der Waals surface area (Å²) in [5.74, 6) is 0. The van der Waals surface area contributed by atoms with Gasteiger partial charge in [-0.3, -0.25) is 9.97 Å². The molecule has 1 aromatic carbocycles. The van der Waals surface area contributed by atoms with Crippen molar-refractivity contribution >= 4 is 23.0 Å². The van der Waals surface area contributed by atoms with Crippen LogP contribution in [0.5, 0.6) is 0 Å². The van der Waals surface area contributed by atoms with E-state index in [9.17, 15) is 0 Å². The maximum absolute atomic E-state index is 5.85. The Labute approximate surface area is 193 Å². The van der Waals surface area contributed by atoms with Gasteiger partial charge in [0.15, 0.2) is 5.11 Å². The predicted molar refractivity (Wildman–Crippen MR) is 132 cm³/mol. The fraction of sp³-hybridized carbons (Fsp3) is 0.192. The zero-order chi connectivity index (χ0) is 21.9. The second-order valence-corrected chi connectivity index (χ2v) is 8.29. The molecule has 4 aromatic rings. The summed E-state index contributed by atoms with van der Waals surface area (Å²) < 4.78 is 2.26. The molecule has 32 heavy (non-hydrogen) atoms. The first-order valence-corrected chi connectivity index (χ1v) is 11.3. The van der Waals surface area contributed by atoms with Crippen LogP contribution in [0.15, 0.2) is 91.4 Å². The molecule has 160 valence electrons. The fourth-order valence-electron chi connectivity index (χ4n) is 4.33. The van der Waals surface area contributed by atoms with Gasteiger partial charge in [-0.15, -0.1) is 0 Å². The van der Waals surface area contributed by atoms with E-state index < -0.39 is 0 Å². The molecule has 0 spiro atoms. The molecular weight excluding hydrogens is 414 g/mol. The average molecular weight is 440 g/mol. The molecule has 0 bridgehead atoms. The predicted octanol–water partition coefficient (Wildman–Crippen LogP) is 5.07. The van der Waals surface area contributed by atoms with Gasteiger partial charge in [0, 0.05) is 30.0 Å². The van der Waals surface area contributed by atoms with Crippen LogP contribution >= 0.6 is 12.2 Å². The number of nitrogens with zero attached hydrogens (tertiary/aromatic N) is 4. The molecule has 1 aliphatic rings. The average Bonchev–Trinajstić information content (AvgIpc) is 3.44. The van der Waals surface area contributed by atoms with E-state index in [4.69, 9.17) is 12.2 Å². The minimum atomic E-state index is -0.0630. The Morgan fingerprint density at radius 3 is 2.38 bits per heavy atom. The summed E-state index contributed by atoms with van der Waals surface area (Å²) in [6.45, 7) is 2.87. The number of hydrogen-bond acceptors (Lipinski definition) is 3. The number of pyridine rings is 2. The third-order valence-electron chi connectivity index (χ3n) is 5.95. The highest BCUT2D eigenvalue weighted by molar-refractivity contribution is 7.80. The quantitative estimate of drug-likeness (QED) is 0.425. The molecule has 1 saturated heterocycles. The molecule has 0 amide bonds. The minimum Gasteiger partial charge on any atom is -0.351 e. The van der Waals surface area contributed by atoms with Crippen molar-refractivity contribution in [3.63, 3.8) is 0 Å². The van der Waals surface area contributed by atoms with Crippen LogP contribution in [0.25, 0.3) is 0 Å². The van der Waals surface area contributed by atoms with Crippen molar-refractivity contribution in [2.75, 3.05) is 4.90 Å². The third kappa shape index (κ3) is 3.89. The van der Waals surface area contributed by atoms with Crippen LogP contribution in [0.2, 0.25) is 0 Å². The van der Waals surface area contributed by atoms with E-state index >= 15 is 0 Å². The smallest absolute Gasteiger partial charge is 0.174 e. The Balaban J connectivity index is 1.59. The molecular formula is C26H25N5S. The Kier molecular flexibility index (Phi) is 5.69. The molecule has 0 aliphatic carbocycles. The van der Waals surface area contributed by atoms with Crippen LogP contribution < -0.4 is 10.2 Å². The molecule has 0 saturated carbocycles. The van der Waals surface area contributed by atoms with E-state index in [2.05, 4.69) is 86.4 Å². The molecule has 0 unspecified atom stereocenters. The summed E-state index contributed by atoms with van der Waals surface area (Å²) in [7, 11) is 0. The topological polar surface area (TPSA) is 46.0 Å². The van der Waals surface area contributed by atoms with E-state index in [1.54, 1.807) is 0 Å². The normalized spacial score (nSPS) is 18.0. The van der Waals surface area contributed by atoms with Crippen molar-refractivity contribution < 1.29 is 0 Å². The lowest BCUT2D eigenvalue weighted by Gasteiger charge is -2.29. The van der Waals surface area contributed by atoms with Gasteiger partial charge in [-0.05, 0) is 72.7 Å². The summed E-state index contributed by atoms with van der Waals surface area (Å²) in [5, 5.41) is 4.25. The number of aryl methyl sites for hydroxylation is 1. The summed E-state index contributed by atoms with van der Waals surface area (Å²) in [6, 6.07) is 24.9. The molecule has 6 heteroatoms. The van der Waals surface area contributed by atoms with Gasteiger partial charge in [-0.25, -0.2) is 0 Å². The molecule has 1 aliphatic heterocycles. The van der Waals surface area contributed by atoms with Crippen LogP contribution in [0.1, 0.15) is 41.7 Å². The summed E-state index contributed by atoms with van der Waals surface area (Å²) in [6.07, 6.45) is 6.79. The lowest BCUT2D eigenvalue weighted by atomic mass is 10.0. The molecule has 0 radical (unpaired) electrons. The Hall–Kier alpha value is -3.51. The number of thiocarbonyl (C=S) groups is 1. The van der Waals surface area contributed by atoms with E-state index in [1.165, 1.54) is 11.3 Å². The van der Waals surface area contributed by atoms with Crippen LogP contribution in [-0.2, 0) is 13.0 Å². The zero-order valence-corrected chi connectivity index (χ0v) is 18.7. The lowest BCUT2D eigenvalue weighted by Crippen LogP contribution is -2.30. The van der Waals surface area contributed by atoms with Crippen molar-refractivity contribution in [3.8, 4) is 0 Å². The van der Waals surface area contributed by atoms with Gasteiger partial charge in [0.05, 0.1) is 24.0 Å². The van der Waals surface area contributed by atoms with Crippen LogP contribution in [0, 0.1) is 0 Å². The molecule has 3 aromatic heterocycles. The maximum Gasteiger partial charge on any atom is 0.174 e. The van der Waals surface area contributed by atoms with Crippen molar-refractivity contribution in [3.05, 3.63) is 114 Å². The van der Waals surface area contributed by atoms with Crippen molar-refractivity contribution in [1.82, 2.24) is 19.9 Å². The number of nitrogens with one attached hydrogen (secondary N) is 1. The summed E-state index contributed by atoms with van der Waals surface area (Å²) in [5.41, 5.74) is 5.54. The van der Waals surface area contributed by atoms with Crippen molar-refractivity contribution in [2.24, 2.45) is 0 Å². The highest BCUT2D eigenvalue weighted by Crippen LogP contribution is 2.41. The lowest BCUT2D eigenvalue weighted by molar-refractivity contribution is 0.532. The monoisotopic (exact) mass is 439 g/mol. The highest BCUT2D eigenvalue weighted by Gasteiger charge is 2.42. The van der Waals surface area contributed by atoms with Gasteiger partial charge < -0.3 is 14.8 Å². The number of benzene rings is 1. The molecule has 4 heterocycles. The van der Waals surface area contributed by atoms with Gasteiger partial charge >= 0.3 is 0 Å². The number of hydrogen-bond donors (Lipinski definition) is 1. The first kappa shape index (κ1) is 20.4. The highest BCUT2D eigenvalue weighted by atomic mass is 32.1. The first-order valence-electron chi connectivity index (χ1n) is 10.9. The minimum absolute atomic E-state index is 0.0383. The van der Waals surface area contributed by atoms with Crippen molar-refractivity contribution in [2.45, 2.75) is 32.0 Å². The largest absolute Gasteiger partial charge is 0.351 e. The Morgan fingerprint density at radius 2 is 1.69 bits per heavy atom. The standard InChI is InChI=1S/C26H25N5S/c1-2-19-11-13-21(14-12-19)31-25(24(29-26(31)32)22-9-4-6-16-28-22)23-10-7-17-30(23)18-20-8-3-5-15-27-20/h3-17,24-25H,2,18H2,1H3,(H,29,32)/t24-,25+/m0/s1. The van der Waals surface area contributed by atoms with E-state index in [-0.39, 0.29) is 12.1 Å². The van der Waals surface area contributed by atoms with Crippen LogP contribution in [-0.4, -0.2) is 19.6 Å². The van der Waals surface area contributed by atoms with Gasteiger partial charge in [-0.2, -0.15) is 0 Å². The van der Waals surface area contributed by atoms with Crippen LogP contribution in [0.4, 0.5) is 5.69 Å². The van der Waals surface area contributed by atoms with E-state index in [1.807, 2.05) is 36.7 Å². The van der Waals surface area contributed by atoms with Crippen LogP contribution in [0.3, 0.4) is 0 Å². The molecule has 1 N–H and O–H groups in total. The molecule has 1 fully saturated rings. The molecule has 5 rings (SSSR count). The van der Waals surface area contributed by atoms with Crippen molar-refractivity contribution in [1.29, 1.82) is 0 Å². The zero-order valence-electron chi connectivity index (χ0n) is 17.9. The van der Waals surface area contributed by atoms with Gasteiger partial charge in [-0.1, -0.05) is 31.2 Å². The van der Waals surface area contributed by atoms with Gasteiger partial charge in [0.25, 0.3) is 0 Å². The molecule has 2 atom stereocenters. The summed E-state index contributed by atoms with van der Waals surface area (Å²) in [4.78, 5) is 11.4. The third-order valence-corrected chi connectivity index (χ3v) is 6.26. The van der Waals surface area contributed by atoms with E-state index in [0.717, 1.165) is 23.5 Å². The Morgan fingerprint density at radius 1 is 0.906 bits per heavy atom. The number of anilines is 1. The SMILES string of the molecule is CCc1ccc(N2C(=S)N[C@@H](c3ccccn3)[C@H]2c2cccn2Cc2ccccn2)cc1. The number of rotatable bonds is 6. The Bertz CT molecular complexity index is 1190. The summed E-state index contributed by atoms with van der Waals surface area (Å²) >= 11 is 5.85. The fourth-order valence-corrected chi connectivity index (χ4v) is 4.68. The second-order valence-electron chi connectivity index (χ2n) is 7.90.